The lowest BCUT2D eigenvalue weighted by Crippen LogP contribution is -2.29. The largest absolute Gasteiger partial charge is 0.451 e. The number of anilines is 1. The Labute approximate surface area is 168 Å². The van der Waals surface area contributed by atoms with Crippen molar-refractivity contribution in [1.29, 1.82) is 0 Å². The number of carbonyl (C=O) groups excluding carboxylic acids is 3. The second-order valence-electron chi connectivity index (χ2n) is 7.04. The van der Waals surface area contributed by atoms with Gasteiger partial charge in [0.05, 0.1) is 11.3 Å². The molecule has 0 aliphatic rings. The van der Waals surface area contributed by atoms with Crippen LogP contribution in [0.3, 0.4) is 0 Å². The maximum atomic E-state index is 12.3. The van der Waals surface area contributed by atoms with Crippen LogP contribution in [0.25, 0.3) is 10.9 Å². The average Bonchev–Trinajstić information content (AvgIpc) is 3.15. The van der Waals surface area contributed by atoms with Crippen LogP contribution in [0.15, 0.2) is 54.6 Å². The molecule has 0 radical (unpaired) electrons. The SMILES string of the molecule is CC(C)CNC(=O)c1ccccc1NC(=O)COC(=O)c1cc2ccccc2[nH]1. The first kappa shape index (κ1) is 20.1. The van der Waals surface area contributed by atoms with E-state index in [0.29, 0.717) is 23.7 Å². The van der Waals surface area contributed by atoms with Crippen LogP contribution >= 0.6 is 0 Å². The first-order valence-electron chi connectivity index (χ1n) is 9.36. The number of H-pyrrole nitrogens is 1. The monoisotopic (exact) mass is 393 g/mol. The minimum absolute atomic E-state index is 0.271. The van der Waals surface area contributed by atoms with Crippen molar-refractivity contribution in [3.05, 3.63) is 65.9 Å². The van der Waals surface area contributed by atoms with Gasteiger partial charge in [0.25, 0.3) is 11.8 Å². The van der Waals surface area contributed by atoms with Crippen LogP contribution in [-0.4, -0.2) is 35.9 Å². The summed E-state index contributed by atoms with van der Waals surface area (Å²) in [6.45, 7) is 4.06. The van der Waals surface area contributed by atoms with Crippen LogP contribution in [0.1, 0.15) is 34.7 Å². The van der Waals surface area contributed by atoms with Gasteiger partial charge in [0.15, 0.2) is 6.61 Å². The third-order valence-corrected chi connectivity index (χ3v) is 4.20. The minimum atomic E-state index is -0.626. The highest BCUT2D eigenvalue weighted by atomic mass is 16.5. The molecular weight excluding hydrogens is 370 g/mol. The van der Waals surface area contributed by atoms with Gasteiger partial charge in [-0.2, -0.15) is 0 Å². The van der Waals surface area contributed by atoms with E-state index in [1.54, 1.807) is 30.3 Å². The van der Waals surface area contributed by atoms with Gasteiger partial charge < -0.3 is 20.4 Å². The van der Waals surface area contributed by atoms with E-state index in [9.17, 15) is 14.4 Å². The van der Waals surface area contributed by atoms with Crippen molar-refractivity contribution in [3.8, 4) is 0 Å². The molecule has 0 aliphatic carbocycles. The first-order chi connectivity index (χ1) is 13.9. The van der Waals surface area contributed by atoms with E-state index in [4.69, 9.17) is 4.74 Å². The molecule has 2 aromatic carbocycles. The zero-order valence-electron chi connectivity index (χ0n) is 16.3. The fourth-order valence-corrected chi connectivity index (χ4v) is 2.76. The highest BCUT2D eigenvalue weighted by Crippen LogP contribution is 2.16. The maximum Gasteiger partial charge on any atom is 0.355 e. The van der Waals surface area contributed by atoms with Gasteiger partial charge >= 0.3 is 5.97 Å². The molecule has 3 aromatic rings. The summed E-state index contributed by atoms with van der Waals surface area (Å²) in [6.07, 6.45) is 0. The molecule has 0 atom stereocenters. The number of amides is 2. The van der Waals surface area contributed by atoms with Gasteiger partial charge in [-0.05, 0) is 30.2 Å². The summed E-state index contributed by atoms with van der Waals surface area (Å²) in [6, 6.07) is 15.8. The molecule has 0 unspecified atom stereocenters. The first-order valence-corrected chi connectivity index (χ1v) is 9.36. The van der Waals surface area contributed by atoms with Crippen LogP contribution in [-0.2, 0) is 9.53 Å². The summed E-state index contributed by atoms with van der Waals surface area (Å²) >= 11 is 0. The molecule has 0 aliphatic heterocycles. The van der Waals surface area contributed by atoms with Gasteiger partial charge in [-0.3, -0.25) is 9.59 Å². The molecule has 0 bridgehead atoms. The van der Waals surface area contributed by atoms with Crippen LogP contribution in [0.5, 0.6) is 0 Å². The summed E-state index contributed by atoms with van der Waals surface area (Å²) in [5.41, 5.74) is 1.79. The van der Waals surface area contributed by atoms with Crippen molar-refractivity contribution < 1.29 is 19.1 Å². The van der Waals surface area contributed by atoms with E-state index >= 15 is 0 Å². The van der Waals surface area contributed by atoms with Crippen LogP contribution < -0.4 is 10.6 Å². The van der Waals surface area contributed by atoms with Gasteiger partial charge in [0.1, 0.15) is 5.69 Å². The molecule has 29 heavy (non-hydrogen) atoms. The van der Waals surface area contributed by atoms with Gasteiger partial charge in [-0.1, -0.05) is 44.2 Å². The standard InChI is InChI=1S/C22H23N3O4/c1-14(2)12-23-21(27)16-8-4-6-10-18(16)25-20(26)13-29-22(28)19-11-15-7-3-5-9-17(15)24-19/h3-11,14,24H,12-13H2,1-2H3,(H,23,27)(H,25,26). The molecule has 0 fully saturated rings. The molecule has 150 valence electrons. The van der Waals surface area contributed by atoms with E-state index in [1.807, 2.05) is 38.1 Å². The number of aromatic nitrogens is 1. The van der Waals surface area contributed by atoms with Crippen LogP contribution in [0.2, 0.25) is 0 Å². The minimum Gasteiger partial charge on any atom is -0.451 e. The number of hydrogen-bond donors (Lipinski definition) is 3. The Morgan fingerprint density at radius 3 is 2.52 bits per heavy atom. The number of aromatic amines is 1. The smallest absolute Gasteiger partial charge is 0.355 e. The van der Waals surface area contributed by atoms with Crippen molar-refractivity contribution in [2.45, 2.75) is 13.8 Å². The number of para-hydroxylation sites is 2. The van der Waals surface area contributed by atoms with Crippen molar-refractivity contribution >= 4 is 34.4 Å². The predicted molar refractivity (Wildman–Crippen MR) is 111 cm³/mol. The van der Waals surface area contributed by atoms with E-state index in [-0.39, 0.29) is 11.6 Å². The summed E-state index contributed by atoms with van der Waals surface area (Å²) in [4.78, 5) is 39.7. The summed E-state index contributed by atoms with van der Waals surface area (Å²) in [5.74, 6) is -1.12. The zero-order valence-corrected chi connectivity index (χ0v) is 16.3. The molecule has 0 saturated carbocycles. The molecule has 1 heterocycles. The summed E-state index contributed by atoms with van der Waals surface area (Å²) in [7, 11) is 0. The number of carbonyl (C=O) groups is 3. The number of hydrogen-bond acceptors (Lipinski definition) is 4. The lowest BCUT2D eigenvalue weighted by Gasteiger charge is -2.12. The number of fused-ring (bicyclic) bond motifs is 1. The van der Waals surface area contributed by atoms with Gasteiger partial charge in [0, 0.05) is 17.4 Å². The third-order valence-electron chi connectivity index (χ3n) is 4.20. The number of benzene rings is 2. The van der Waals surface area contributed by atoms with Crippen LogP contribution in [0, 0.1) is 5.92 Å². The Bertz CT molecular complexity index is 1010. The van der Waals surface area contributed by atoms with E-state index in [1.165, 1.54) is 0 Å². The maximum absolute atomic E-state index is 12.3. The lowest BCUT2D eigenvalue weighted by atomic mass is 10.1. The second-order valence-corrected chi connectivity index (χ2v) is 7.04. The fraction of sp³-hybridized carbons (Fsp3) is 0.227. The molecule has 0 saturated heterocycles. The Morgan fingerprint density at radius 1 is 1.03 bits per heavy atom. The molecule has 3 rings (SSSR count). The topological polar surface area (TPSA) is 100 Å². The van der Waals surface area contributed by atoms with E-state index in [2.05, 4.69) is 15.6 Å². The second kappa shape index (κ2) is 9.05. The Hall–Kier alpha value is -3.61. The Balaban J connectivity index is 1.59. The predicted octanol–water partition coefficient (Wildman–Crippen LogP) is 3.35. The molecule has 1 aromatic heterocycles. The van der Waals surface area contributed by atoms with Gasteiger partial charge in [0.2, 0.25) is 0 Å². The van der Waals surface area contributed by atoms with Gasteiger partial charge in [-0.25, -0.2) is 4.79 Å². The van der Waals surface area contributed by atoms with E-state index < -0.39 is 18.5 Å². The Kier molecular flexibility index (Phi) is 6.29. The normalized spacial score (nSPS) is 10.7. The highest BCUT2D eigenvalue weighted by Gasteiger charge is 2.16. The number of nitrogens with one attached hydrogen (secondary N) is 3. The Morgan fingerprint density at radius 2 is 1.76 bits per heavy atom. The average molecular weight is 393 g/mol. The van der Waals surface area contributed by atoms with Crippen molar-refractivity contribution in [2.24, 2.45) is 5.92 Å². The fourth-order valence-electron chi connectivity index (χ4n) is 2.76. The summed E-state index contributed by atoms with van der Waals surface area (Å²) < 4.78 is 5.09. The van der Waals surface area contributed by atoms with Crippen molar-refractivity contribution in [1.82, 2.24) is 10.3 Å². The van der Waals surface area contributed by atoms with Crippen molar-refractivity contribution in [2.75, 3.05) is 18.5 Å². The zero-order chi connectivity index (χ0) is 20.8. The van der Waals surface area contributed by atoms with Crippen molar-refractivity contribution in [3.63, 3.8) is 0 Å². The third kappa shape index (κ3) is 5.22. The van der Waals surface area contributed by atoms with Crippen LogP contribution in [0.4, 0.5) is 5.69 Å². The van der Waals surface area contributed by atoms with E-state index in [0.717, 1.165) is 10.9 Å². The summed E-state index contributed by atoms with van der Waals surface area (Å²) in [5, 5.41) is 6.32. The number of ether oxygens (including phenoxy) is 1. The van der Waals surface area contributed by atoms with Gasteiger partial charge in [-0.15, -0.1) is 0 Å². The molecular formula is C22H23N3O4. The highest BCUT2D eigenvalue weighted by molar-refractivity contribution is 6.04. The molecule has 7 heteroatoms. The molecule has 3 N–H and O–H groups in total. The molecule has 2 amide bonds. The quantitative estimate of drug-likeness (QED) is 0.536. The number of esters is 1. The molecule has 0 spiro atoms. The number of rotatable bonds is 7. The lowest BCUT2D eigenvalue weighted by molar-refractivity contribution is -0.119. The molecule has 7 nitrogen and oxygen atoms in total.